The van der Waals surface area contributed by atoms with Crippen LogP contribution in [0.25, 0.3) is 11.6 Å². The Morgan fingerprint density at radius 3 is 2.48 bits per heavy atom. The minimum Gasteiger partial charge on any atom is -0.284 e. The average Bonchev–Trinajstić information content (AvgIpc) is 2.78. The second kappa shape index (κ2) is 7.44. The lowest BCUT2D eigenvalue weighted by molar-refractivity contribution is 0.577. The quantitative estimate of drug-likeness (QED) is 0.658. The Morgan fingerprint density at radius 1 is 0.931 bits per heavy atom. The van der Waals surface area contributed by atoms with E-state index in [1.165, 1.54) is 6.07 Å². The summed E-state index contributed by atoms with van der Waals surface area (Å²) in [5, 5.41) is 0. The van der Waals surface area contributed by atoms with Crippen LogP contribution in [0.1, 0.15) is 27.8 Å². The van der Waals surface area contributed by atoms with E-state index in [4.69, 9.17) is 0 Å². The molecule has 3 aromatic carbocycles. The molecule has 0 radical (unpaired) electrons. The maximum atomic E-state index is 14.9. The van der Waals surface area contributed by atoms with Crippen LogP contribution in [0.2, 0.25) is 0 Å². The monoisotopic (exact) mass is 411 g/mol. The molecule has 0 spiro atoms. The van der Waals surface area contributed by atoms with Crippen LogP contribution in [0.15, 0.2) is 60.7 Å². The predicted molar refractivity (Wildman–Crippen MR) is 112 cm³/mol. The zero-order chi connectivity index (χ0) is 20.6. The summed E-state index contributed by atoms with van der Waals surface area (Å²) in [5.74, 6) is -1.20. The number of halogens is 2. The topological polar surface area (TPSA) is 46.2 Å². The molecule has 4 rings (SSSR count). The fourth-order valence-corrected chi connectivity index (χ4v) is 4.31. The van der Waals surface area contributed by atoms with Gasteiger partial charge in [-0.05, 0) is 64.9 Å². The molecule has 0 unspecified atom stereocenters. The van der Waals surface area contributed by atoms with E-state index < -0.39 is 21.7 Å². The first-order valence-electron chi connectivity index (χ1n) is 9.16. The summed E-state index contributed by atoms with van der Waals surface area (Å²) < 4.78 is 54.3. The van der Waals surface area contributed by atoms with Crippen LogP contribution >= 0.6 is 0 Å². The summed E-state index contributed by atoms with van der Waals surface area (Å²) in [6.45, 7) is 0. The van der Waals surface area contributed by atoms with Crippen molar-refractivity contribution < 1.29 is 17.2 Å². The first-order valence-corrected chi connectivity index (χ1v) is 11.1. The minimum atomic E-state index is -3.41. The summed E-state index contributed by atoms with van der Waals surface area (Å²) in [7, 11) is -3.41. The molecule has 3 aromatic rings. The molecule has 0 heterocycles. The minimum absolute atomic E-state index is 0.387. The van der Waals surface area contributed by atoms with Crippen molar-refractivity contribution >= 4 is 27.4 Å². The van der Waals surface area contributed by atoms with Crippen LogP contribution < -0.4 is 4.72 Å². The van der Waals surface area contributed by atoms with Crippen molar-refractivity contribution in [3.05, 3.63) is 100 Å². The molecule has 3 nitrogen and oxygen atoms in total. The summed E-state index contributed by atoms with van der Waals surface area (Å²) in [5.41, 5.74) is 4.73. The molecular weight excluding hydrogens is 392 g/mol. The zero-order valence-electron chi connectivity index (χ0n) is 15.7. The van der Waals surface area contributed by atoms with Gasteiger partial charge in [0.15, 0.2) is 0 Å². The number of hydrogen-bond donors (Lipinski definition) is 1. The first-order chi connectivity index (χ1) is 13.8. The number of fused-ring (bicyclic) bond motifs is 2. The standard InChI is InChI=1S/C23H19F2NO2S/c1-29(27,28)26-19-7-4-5-15(11-19)12-21-20-8-3-2-6-16(20)9-10-17-13-18(24)14-22(25)23(17)21/h2-8,11-14,26H,9-10H2,1H3. The second-order valence-corrected chi connectivity index (χ2v) is 8.89. The molecule has 0 aromatic heterocycles. The zero-order valence-corrected chi connectivity index (χ0v) is 16.6. The summed E-state index contributed by atoms with van der Waals surface area (Å²) in [6.07, 6.45) is 4.12. The Labute approximate surface area is 168 Å². The second-order valence-electron chi connectivity index (χ2n) is 7.14. The van der Waals surface area contributed by atoms with Crippen LogP contribution in [-0.2, 0) is 22.9 Å². The molecule has 148 valence electrons. The van der Waals surface area contributed by atoms with Gasteiger partial charge in [-0.2, -0.15) is 0 Å². The van der Waals surface area contributed by atoms with Crippen molar-refractivity contribution in [2.45, 2.75) is 12.8 Å². The smallest absolute Gasteiger partial charge is 0.229 e. The molecule has 1 N–H and O–H groups in total. The molecule has 0 aliphatic heterocycles. The van der Waals surface area contributed by atoms with Gasteiger partial charge in [0.05, 0.1) is 6.26 Å². The molecule has 6 heteroatoms. The average molecular weight is 411 g/mol. The normalized spacial score (nSPS) is 14.8. The van der Waals surface area contributed by atoms with E-state index in [9.17, 15) is 17.2 Å². The largest absolute Gasteiger partial charge is 0.284 e. The molecule has 0 saturated carbocycles. The van der Waals surface area contributed by atoms with E-state index in [1.54, 1.807) is 18.2 Å². The Hall–Kier alpha value is -2.99. The van der Waals surface area contributed by atoms with Crippen LogP contribution in [0.4, 0.5) is 14.5 Å². The van der Waals surface area contributed by atoms with E-state index in [2.05, 4.69) is 4.72 Å². The number of anilines is 1. The van der Waals surface area contributed by atoms with Crippen molar-refractivity contribution in [3.8, 4) is 0 Å². The van der Waals surface area contributed by atoms with E-state index in [0.29, 0.717) is 40.8 Å². The summed E-state index contributed by atoms with van der Waals surface area (Å²) >= 11 is 0. The molecule has 0 bridgehead atoms. The molecule has 0 fully saturated rings. The molecule has 0 amide bonds. The SMILES string of the molecule is CS(=O)(=O)Nc1cccc(C=C2c3ccccc3CCc3cc(F)cc(F)c32)c1. The van der Waals surface area contributed by atoms with Crippen molar-refractivity contribution in [2.75, 3.05) is 11.0 Å². The highest BCUT2D eigenvalue weighted by Crippen LogP contribution is 2.37. The van der Waals surface area contributed by atoms with E-state index in [0.717, 1.165) is 23.4 Å². The van der Waals surface area contributed by atoms with E-state index in [1.807, 2.05) is 36.4 Å². The lowest BCUT2D eigenvalue weighted by atomic mass is 9.92. The van der Waals surface area contributed by atoms with Gasteiger partial charge in [-0.15, -0.1) is 0 Å². The number of aryl methyl sites for hydroxylation is 2. The lowest BCUT2D eigenvalue weighted by Gasteiger charge is -2.14. The van der Waals surface area contributed by atoms with Crippen LogP contribution in [0.3, 0.4) is 0 Å². The molecule has 0 saturated heterocycles. The third-order valence-corrected chi connectivity index (χ3v) is 5.48. The maximum absolute atomic E-state index is 14.9. The van der Waals surface area contributed by atoms with Gasteiger partial charge in [0.25, 0.3) is 0 Å². The van der Waals surface area contributed by atoms with Gasteiger partial charge in [-0.25, -0.2) is 17.2 Å². The van der Waals surface area contributed by atoms with Gasteiger partial charge < -0.3 is 0 Å². The highest BCUT2D eigenvalue weighted by atomic mass is 32.2. The fraction of sp³-hybridized carbons (Fsp3) is 0.130. The predicted octanol–water partition coefficient (Wildman–Crippen LogP) is 5.02. The Kier molecular flexibility index (Phi) is 4.96. The van der Waals surface area contributed by atoms with Gasteiger partial charge in [0, 0.05) is 17.3 Å². The molecule has 0 atom stereocenters. The molecule has 29 heavy (non-hydrogen) atoms. The fourth-order valence-electron chi connectivity index (χ4n) is 3.75. The maximum Gasteiger partial charge on any atom is 0.229 e. The Balaban J connectivity index is 1.92. The number of benzene rings is 3. The van der Waals surface area contributed by atoms with Crippen molar-refractivity contribution in [1.82, 2.24) is 0 Å². The van der Waals surface area contributed by atoms with Crippen LogP contribution in [0, 0.1) is 11.6 Å². The third-order valence-electron chi connectivity index (χ3n) is 4.88. The molecular formula is C23H19F2NO2S. The van der Waals surface area contributed by atoms with E-state index >= 15 is 0 Å². The van der Waals surface area contributed by atoms with Gasteiger partial charge in [0.1, 0.15) is 11.6 Å². The van der Waals surface area contributed by atoms with E-state index in [-0.39, 0.29) is 0 Å². The van der Waals surface area contributed by atoms with Gasteiger partial charge >= 0.3 is 0 Å². The molecule has 1 aliphatic carbocycles. The Bertz CT molecular complexity index is 1230. The van der Waals surface area contributed by atoms with Crippen LogP contribution in [0.5, 0.6) is 0 Å². The highest BCUT2D eigenvalue weighted by Gasteiger charge is 2.22. The lowest BCUT2D eigenvalue weighted by Crippen LogP contribution is -2.09. The number of nitrogens with one attached hydrogen (secondary N) is 1. The van der Waals surface area contributed by atoms with Crippen LogP contribution in [-0.4, -0.2) is 14.7 Å². The van der Waals surface area contributed by atoms with Crippen molar-refractivity contribution in [1.29, 1.82) is 0 Å². The van der Waals surface area contributed by atoms with Crippen molar-refractivity contribution in [2.24, 2.45) is 0 Å². The number of rotatable bonds is 3. The molecule has 1 aliphatic rings. The number of hydrogen-bond acceptors (Lipinski definition) is 2. The third kappa shape index (κ3) is 4.22. The first kappa shape index (κ1) is 19.3. The van der Waals surface area contributed by atoms with Gasteiger partial charge in [0.2, 0.25) is 10.0 Å². The highest BCUT2D eigenvalue weighted by molar-refractivity contribution is 7.92. The Morgan fingerprint density at radius 2 is 1.69 bits per heavy atom. The summed E-state index contributed by atoms with van der Waals surface area (Å²) in [6, 6.07) is 16.9. The van der Waals surface area contributed by atoms with Gasteiger partial charge in [-0.3, -0.25) is 4.72 Å². The summed E-state index contributed by atoms with van der Waals surface area (Å²) in [4.78, 5) is 0. The van der Waals surface area contributed by atoms with Gasteiger partial charge in [-0.1, -0.05) is 36.4 Å². The van der Waals surface area contributed by atoms with Crippen molar-refractivity contribution in [3.63, 3.8) is 0 Å². The number of sulfonamides is 1.